The topological polar surface area (TPSA) is 46.0 Å². The van der Waals surface area contributed by atoms with Crippen molar-refractivity contribution in [1.29, 1.82) is 5.41 Å². The number of rotatable bonds is 6. The summed E-state index contributed by atoms with van der Waals surface area (Å²) in [6.45, 7) is 10.4. The Bertz CT molecular complexity index is 466. The van der Waals surface area contributed by atoms with Crippen LogP contribution in [-0.4, -0.2) is 17.3 Å². The molecule has 0 saturated heterocycles. The van der Waals surface area contributed by atoms with Gasteiger partial charge in [-0.05, 0) is 30.5 Å². The third-order valence-electron chi connectivity index (χ3n) is 3.19. The molecule has 1 aromatic rings. The van der Waals surface area contributed by atoms with E-state index >= 15 is 0 Å². The highest BCUT2D eigenvalue weighted by Crippen LogP contribution is 2.33. The van der Waals surface area contributed by atoms with E-state index in [0.717, 1.165) is 24.1 Å². The molecule has 1 heterocycles. The van der Waals surface area contributed by atoms with Crippen LogP contribution in [0.25, 0.3) is 0 Å². The second-order valence-corrected chi connectivity index (χ2v) is 6.50. The molecule has 1 N–H and O–H groups in total. The van der Waals surface area contributed by atoms with Crippen LogP contribution >= 0.6 is 11.6 Å². The van der Waals surface area contributed by atoms with Gasteiger partial charge in [-0.25, -0.2) is 4.98 Å². The van der Waals surface area contributed by atoms with Crippen LogP contribution in [0.4, 0.5) is 0 Å². The smallest absolute Gasteiger partial charge is 0.214 e. The van der Waals surface area contributed by atoms with E-state index in [1.165, 1.54) is 6.21 Å². The van der Waals surface area contributed by atoms with Crippen LogP contribution in [0.3, 0.4) is 0 Å². The summed E-state index contributed by atoms with van der Waals surface area (Å²) in [5, 5.41) is 7.96. The van der Waals surface area contributed by atoms with E-state index in [2.05, 4.69) is 32.7 Å². The van der Waals surface area contributed by atoms with Crippen LogP contribution in [0.5, 0.6) is 5.88 Å². The molecule has 0 saturated carbocycles. The highest BCUT2D eigenvalue weighted by Gasteiger charge is 2.21. The molecule has 0 bridgehead atoms. The van der Waals surface area contributed by atoms with Crippen molar-refractivity contribution in [2.24, 2.45) is 0 Å². The normalized spacial score (nSPS) is 13.1. The Balaban J connectivity index is 3.07. The van der Waals surface area contributed by atoms with Gasteiger partial charge in [0.25, 0.3) is 0 Å². The first-order chi connectivity index (χ1) is 9.29. The molecule has 0 aliphatic rings. The monoisotopic (exact) mass is 296 g/mol. The molecule has 4 heteroatoms. The summed E-state index contributed by atoms with van der Waals surface area (Å²) in [6, 6.07) is 1.93. The molecule has 0 amide bonds. The molecule has 1 atom stereocenters. The van der Waals surface area contributed by atoms with Crippen LogP contribution in [-0.2, 0) is 5.41 Å². The lowest BCUT2D eigenvalue weighted by molar-refractivity contribution is 0.190. The number of aryl methyl sites for hydroxylation is 1. The Morgan fingerprint density at radius 3 is 2.60 bits per heavy atom. The average Bonchev–Trinajstić information content (AvgIpc) is 2.32. The molecule has 0 aliphatic heterocycles. The number of hydrogen-bond donors (Lipinski definition) is 1. The molecule has 0 aromatic carbocycles. The highest BCUT2D eigenvalue weighted by molar-refractivity contribution is 6.32. The van der Waals surface area contributed by atoms with Crippen molar-refractivity contribution >= 4 is 17.8 Å². The third-order valence-corrected chi connectivity index (χ3v) is 3.66. The van der Waals surface area contributed by atoms with E-state index in [-0.39, 0.29) is 11.5 Å². The van der Waals surface area contributed by atoms with Crippen LogP contribution in [0, 0.1) is 12.3 Å². The molecular weight excluding hydrogens is 272 g/mol. The van der Waals surface area contributed by atoms with Gasteiger partial charge >= 0.3 is 0 Å². The molecule has 0 aliphatic carbocycles. The molecule has 0 spiro atoms. The SMILES string of the molecule is CCC[C@H](CC=N)Oc1cc(C(C)(C)C)c(Cl)c(C)n1. The Morgan fingerprint density at radius 2 is 2.10 bits per heavy atom. The second-order valence-electron chi connectivity index (χ2n) is 6.13. The fraction of sp³-hybridized carbons (Fsp3) is 0.625. The van der Waals surface area contributed by atoms with Gasteiger partial charge in [0.1, 0.15) is 6.10 Å². The van der Waals surface area contributed by atoms with Crippen LogP contribution in [0.1, 0.15) is 58.2 Å². The summed E-state index contributed by atoms with van der Waals surface area (Å²) in [7, 11) is 0. The Labute approximate surface area is 127 Å². The van der Waals surface area contributed by atoms with Crippen molar-refractivity contribution < 1.29 is 4.74 Å². The number of nitrogens with zero attached hydrogens (tertiary/aromatic N) is 1. The molecular formula is C16H25ClN2O. The van der Waals surface area contributed by atoms with Crippen molar-refractivity contribution in [3.63, 3.8) is 0 Å². The molecule has 0 unspecified atom stereocenters. The first kappa shape index (κ1) is 17.0. The quantitative estimate of drug-likeness (QED) is 0.757. The van der Waals surface area contributed by atoms with Gasteiger partial charge in [0.15, 0.2) is 0 Å². The van der Waals surface area contributed by atoms with Gasteiger partial charge < -0.3 is 10.1 Å². The lowest BCUT2D eigenvalue weighted by Crippen LogP contribution is -2.19. The van der Waals surface area contributed by atoms with Crippen molar-refractivity contribution in [2.75, 3.05) is 0 Å². The van der Waals surface area contributed by atoms with Gasteiger partial charge in [0, 0.05) is 12.5 Å². The van der Waals surface area contributed by atoms with E-state index in [4.69, 9.17) is 21.7 Å². The molecule has 112 valence electrons. The zero-order valence-electron chi connectivity index (χ0n) is 13.1. The zero-order chi connectivity index (χ0) is 15.3. The molecule has 1 rings (SSSR count). The summed E-state index contributed by atoms with van der Waals surface area (Å²) in [5.74, 6) is 0.608. The largest absolute Gasteiger partial charge is 0.474 e. The zero-order valence-corrected chi connectivity index (χ0v) is 13.8. The number of nitrogens with one attached hydrogen (secondary N) is 1. The number of aromatic nitrogens is 1. The number of halogens is 1. The fourth-order valence-corrected chi connectivity index (χ4v) is 2.46. The van der Waals surface area contributed by atoms with Gasteiger partial charge in [0.05, 0.1) is 10.7 Å². The fourth-order valence-electron chi connectivity index (χ4n) is 2.08. The van der Waals surface area contributed by atoms with E-state index in [1.54, 1.807) is 0 Å². The first-order valence-corrected chi connectivity index (χ1v) is 7.50. The predicted molar refractivity (Wildman–Crippen MR) is 85.4 cm³/mol. The Morgan fingerprint density at radius 1 is 1.45 bits per heavy atom. The van der Waals surface area contributed by atoms with Crippen molar-refractivity contribution in [2.45, 2.75) is 65.4 Å². The molecule has 20 heavy (non-hydrogen) atoms. The van der Waals surface area contributed by atoms with Crippen LogP contribution in [0.15, 0.2) is 6.07 Å². The summed E-state index contributed by atoms with van der Waals surface area (Å²) in [6.07, 6.45) is 3.97. The first-order valence-electron chi connectivity index (χ1n) is 7.12. The van der Waals surface area contributed by atoms with Gasteiger partial charge in [-0.1, -0.05) is 45.7 Å². The maximum atomic E-state index is 7.25. The minimum atomic E-state index is -0.0509. The van der Waals surface area contributed by atoms with Gasteiger partial charge in [-0.3, -0.25) is 0 Å². The summed E-state index contributed by atoms with van der Waals surface area (Å²) >= 11 is 6.35. The summed E-state index contributed by atoms with van der Waals surface area (Å²) in [5.41, 5.74) is 1.79. The van der Waals surface area contributed by atoms with Crippen LogP contribution in [0.2, 0.25) is 5.02 Å². The van der Waals surface area contributed by atoms with Gasteiger partial charge in [0.2, 0.25) is 5.88 Å². The lowest BCUT2D eigenvalue weighted by atomic mass is 9.87. The van der Waals surface area contributed by atoms with Crippen molar-refractivity contribution in [3.8, 4) is 5.88 Å². The third kappa shape index (κ3) is 4.48. The molecule has 0 fully saturated rings. The van der Waals surface area contributed by atoms with Crippen LogP contribution < -0.4 is 4.74 Å². The second kappa shape index (κ2) is 7.07. The Hall–Kier alpha value is -1.09. The number of hydrogen-bond acceptors (Lipinski definition) is 3. The summed E-state index contributed by atoms with van der Waals surface area (Å²) in [4.78, 5) is 4.42. The van der Waals surface area contributed by atoms with E-state index in [0.29, 0.717) is 17.3 Å². The van der Waals surface area contributed by atoms with E-state index in [9.17, 15) is 0 Å². The van der Waals surface area contributed by atoms with Gasteiger partial charge in [-0.2, -0.15) is 0 Å². The molecule has 1 aromatic heterocycles. The maximum Gasteiger partial charge on any atom is 0.214 e. The lowest BCUT2D eigenvalue weighted by Gasteiger charge is -2.23. The summed E-state index contributed by atoms with van der Waals surface area (Å²) < 4.78 is 5.95. The predicted octanol–water partition coefficient (Wildman–Crippen LogP) is 4.93. The average molecular weight is 297 g/mol. The minimum absolute atomic E-state index is 0.0124. The standard InChI is InChI=1S/C16H25ClN2O/c1-6-7-12(8-9-18)20-14-10-13(16(3,4)5)15(17)11(2)19-14/h9-10,12,18H,6-8H2,1-5H3/t12-/m1/s1. The Kier molecular flexibility index (Phi) is 6.00. The van der Waals surface area contributed by atoms with E-state index < -0.39 is 0 Å². The number of pyridine rings is 1. The minimum Gasteiger partial charge on any atom is -0.474 e. The van der Waals surface area contributed by atoms with Gasteiger partial charge in [-0.15, -0.1) is 0 Å². The number of ether oxygens (including phenoxy) is 1. The van der Waals surface area contributed by atoms with Crippen molar-refractivity contribution in [1.82, 2.24) is 4.98 Å². The van der Waals surface area contributed by atoms with Crippen molar-refractivity contribution in [3.05, 3.63) is 22.3 Å². The highest BCUT2D eigenvalue weighted by atomic mass is 35.5. The van der Waals surface area contributed by atoms with E-state index in [1.807, 2.05) is 13.0 Å². The molecule has 0 radical (unpaired) electrons. The molecule has 3 nitrogen and oxygen atoms in total. The maximum absolute atomic E-state index is 7.25.